The van der Waals surface area contributed by atoms with Gasteiger partial charge in [-0.3, -0.25) is 0 Å². The summed E-state index contributed by atoms with van der Waals surface area (Å²) in [5.74, 6) is 3.27. The zero-order chi connectivity index (χ0) is 27.8. The number of benzene rings is 1. The molecule has 0 aromatic heterocycles. The highest BCUT2D eigenvalue weighted by Gasteiger charge is 2.60. The van der Waals surface area contributed by atoms with Gasteiger partial charge in [0.1, 0.15) is 12.2 Å². The first-order chi connectivity index (χ1) is 18.7. The van der Waals surface area contributed by atoms with E-state index in [2.05, 4.69) is 63.3 Å². The first kappa shape index (κ1) is 28.1. The molecular weight excluding hydrogens is 512 g/mol. The maximum absolute atomic E-state index is 12.3. The lowest BCUT2D eigenvalue weighted by Gasteiger charge is -2.57. The van der Waals surface area contributed by atoms with Crippen molar-refractivity contribution in [2.75, 3.05) is 20.0 Å². The number of allylic oxidation sites excluding steroid dienone is 3. The van der Waals surface area contributed by atoms with E-state index >= 15 is 0 Å². The van der Waals surface area contributed by atoms with E-state index in [1.165, 1.54) is 49.5 Å². The van der Waals surface area contributed by atoms with Crippen molar-refractivity contribution in [3.05, 3.63) is 53.6 Å². The van der Waals surface area contributed by atoms with Gasteiger partial charge >= 0.3 is 12.3 Å². The second-order valence-corrected chi connectivity index (χ2v) is 13.4. The van der Waals surface area contributed by atoms with E-state index in [0.717, 1.165) is 12.2 Å². The van der Waals surface area contributed by atoms with Gasteiger partial charge in [0.05, 0.1) is 14.2 Å². The van der Waals surface area contributed by atoms with Crippen LogP contribution >= 0.6 is 11.8 Å². The van der Waals surface area contributed by atoms with E-state index < -0.39 is 24.5 Å². The quantitative estimate of drug-likeness (QED) is 0.262. The average Bonchev–Trinajstić information content (AvgIpc) is 3.30. The fourth-order valence-corrected chi connectivity index (χ4v) is 9.49. The molecule has 5 rings (SSSR count). The Hall–Kier alpha value is -2.41. The summed E-state index contributed by atoms with van der Waals surface area (Å²) in [6, 6.07) is 10.7. The van der Waals surface area contributed by atoms with Gasteiger partial charge in [-0.1, -0.05) is 62.3 Å². The average molecular weight is 555 g/mol. The molecule has 0 aliphatic heterocycles. The summed E-state index contributed by atoms with van der Waals surface area (Å²) in [5.41, 5.74) is 2.61. The number of hydrogen-bond acceptors (Lipinski definition) is 7. The summed E-state index contributed by atoms with van der Waals surface area (Å²) in [7, 11) is 2.64. The number of hydrogen-bond donors (Lipinski definition) is 0. The van der Waals surface area contributed by atoms with Gasteiger partial charge in [0, 0.05) is 28.9 Å². The number of ether oxygens (including phenoxy) is 4. The van der Waals surface area contributed by atoms with Gasteiger partial charge in [0.25, 0.3) is 0 Å². The van der Waals surface area contributed by atoms with Crippen LogP contribution in [-0.4, -0.2) is 44.5 Å². The zero-order valence-corrected chi connectivity index (χ0v) is 24.6. The highest BCUT2D eigenvalue weighted by atomic mass is 32.2. The Kier molecular flexibility index (Phi) is 8.10. The van der Waals surface area contributed by atoms with Crippen molar-refractivity contribution < 1.29 is 28.5 Å². The molecule has 3 saturated carbocycles. The molecule has 0 N–H and O–H groups in total. The second-order valence-electron chi connectivity index (χ2n) is 12.3. The molecule has 0 amide bonds. The van der Waals surface area contributed by atoms with Crippen LogP contribution in [0.5, 0.6) is 0 Å². The number of thioether (sulfide) groups is 1. The predicted molar refractivity (Wildman–Crippen MR) is 151 cm³/mol. The van der Waals surface area contributed by atoms with Gasteiger partial charge in [-0.25, -0.2) is 9.59 Å². The van der Waals surface area contributed by atoms with Gasteiger partial charge in [0.15, 0.2) is 0 Å². The standard InChI is InChI=1S/C32H42O6S/c1-20(19-39-23-9-7-6-8-10-23)25-13-14-26-24-12-11-21-17-22(37-29(33)35-4)18-28(38-30(34)36-5)32(21,3)27(24)15-16-31(25,26)2/h6-12,20,22,25-28H,13-19H2,1-5H3/t20?,22-,25-,26+,27+,28+,31-,32+/m1/s1. The molecule has 1 aromatic rings. The van der Waals surface area contributed by atoms with Crippen LogP contribution in [0.4, 0.5) is 9.59 Å². The molecular formula is C32H42O6S. The Morgan fingerprint density at radius 1 is 0.974 bits per heavy atom. The van der Waals surface area contributed by atoms with Gasteiger partial charge < -0.3 is 18.9 Å². The minimum absolute atomic E-state index is 0.268. The van der Waals surface area contributed by atoms with E-state index in [4.69, 9.17) is 18.9 Å². The van der Waals surface area contributed by atoms with Gasteiger partial charge in [-0.05, 0) is 66.9 Å². The van der Waals surface area contributed by atoms with Crippen LogP contribution in [0.1, 0.15) is 59.3 Å². The van der Waals surface area contributed by atoms with Crippen LogP contribution in [0.2, 0.25) is 0 Å². The molecule has 8 atom stereocenters. The van der Waals surface area contributed by atoms with Crippen molar-refractivity contribution >= 4 is 24.1 Å². The van der Waals surface area contributed by atoms with Crippen molar-refractivity contribution in [1.29, 1.82) is 0 Å². The normalized spacial score (nSPS) is 35.8. The summed E-state index contributed by atoms with van der Waals surface area (Å²) < 4.78 is 21.1. The predicted octanol–water partition coefficient (Wildman–Crippen LogP) is 7.83. The maximum atomic E-state index is 12.3. The smallest absolute Gasteiger partial charge is 0.438 e. The van der Waals surface area contributed by atoms with E-state index in [0.29, 0.717) is 30.6 Å². The molecule has 3 fully saturated rings. The lowest BCUT2D eigenvalue weighted by molar-refractivity contribution is -0.0829. The third-order valence-corrected chi connectivity index (χ3v) is 11.7. The zero-order valence-electron chi connectivity index (χ0n) is 23.8. The highest BCUT2D eigenvalue weighted by Crippen LogP contribution is 2.66. The third kappa shape index (κ3) is 5.12. The molecule has 4 aliphatic rings. The van der Waals surface area contributed by atoms with Crippen LogP contribution in [0.25, 0.3) is 0 Å². The largest absolute Gasteiger partial charge is 0.508 e. The van der Waals surface area contributed by atoms with Crippen LogP contribution in [0, 0.1) is 34.5 Å². The molecule has 212 valence electrons. The van der Waals surface area contributed by atoms with E-state index in [1.54, 1.807) is 0 Å². The molecule has 0 radical (unpaired) electrons. The van der Waals surface area contributed by atoms with Crippen molar-refractivity contribution in [2.45, 2.75) is 76.4 Å². The molecule has 39 heavy (non-hydrogen) atoms. The molecule has 7 heteroatoms. The molecule has 4 aliphatic carbocycles. The lowest BCUT2D eigenvalue weighted by Crippen LogP contribution is -2.54. The molecule has 1 unspecified atom stereocenters. The van der Waals surface area contributed by atoms with Crippen LogP contribution in [0.3, 0.4) is 0 Å². The SMILES string of the molecule is COC(=O)O[C@@H]1CC2=CC=C3[C@@H]4CC[C@H](C(C)CSc5ccccc5)[C@@]4(C)CC[C@@H]3[C@@]2(C)[C@@H](OC(=O)OC)C1. The van der Waals surface area contributed by atoms with E-state index in [1.807, 2.05) is 11.8 Å². The number of carbonyl (C=O) groups excluding carboxylic acids is 2. The number of carbonyl (C=O) groups is 2. The number of rotatable bonds is 6. The van der Waals surface area contributed by atoms with Crippen LogP contribution in [0.15, 0.2) is 58.5 Å². The third-order valence-electron chi connectivity index (χ3n) is 10.4. The summed E-state index contributed by atoms with van der Waals surface area (Å²) in [5, 5.41) is 0. The molecule has 0 spiro atoms. The Balaban J connectivity index is 1.38. The van der Waals surface area contributed by atoms with Crippen molar-refractivity contribution in [1.82, 2.24) is 0 Å². The molecule has 0 saturated heterocycles. The summed E-state index contributed by atoms with van der Waals surface area (Å²) in [6.45, 7) is 7.21. The summed E-state index contributed by atoms with van der Waals surface area (Å²) >= 11 is 1.98. The Morgan fingerprint density at radius 2 is 1.69 bits per heavy atom. The van der Waals surface area contributed by atoms with Crippen LogP contribution in [-0.2, 0) is 18.9 Å². The molecule has 0 bridgehead atoms. The number of fused-ring (bicyclic) bond motifs is 5. The molecule has 6 nitrogen and oxygen atoms in total. The lowest BCUT2D eigenvalue weighted by atomic mass is 9.49. The van der Waals surface area contributed by atoms with E-state index in [-0.39, 0.29) is 16.7 Å². The summed E-state index contributed by atoms with van der Waals surface area (Å²) in [4.78, 5) is 25.6. The monoisotopic (exact) mass is 554 g/mol. The fourth-order valence-electron chi connectivity index (χ4n) is 8.45. The maximum Gasteiger partial charge on any atom is 0.508 e. The van der Waals surface area contributed by atoms with Gasteiger partial charge in [0.2, 0.25) is 0 Å². The van der Waals surface area contributed by atoms with Crippen molar-refractivity contribution in [2.24, 2.45) is 34.5 Å². The second kappa shape index (κ2) is 11.2. The topological polar surface area (TPSA) is 71.1 Å². The summed E-state index contributed by atoms with van der Waals surface area (Å²) in [6.07, 6.45) is 8.05. The fraction of sp³-hybridized carbons (Fsp3) is 0.625. The first-order valence-corrected chi connectivity index (χ1v) is 15.3. The van der Waals surface area contributed by atoms with Crippen LogP contribution < -0.4 is 0 Å². The van der Waals surface area contributed by atoms with Crippen molar-refractivity contribution in [3.8, 4) is 0 Å². The highest BCUT2D eigenvalue weighted by molar-refractivity contribution is 7.99. The molecule has 1 aromatic carbocycles. The van der Waals surface area contributed by atoms with E-state index in [9.17, 15) is 9.59 Å². The Morgan fingerprint density at radius 3 is 2.41 bits per heavy atom. The molecule has 0 heterocycles. The van der Waals surface area contributed by atoms with Crippen molar-refractivity contribution in [3.63, 3.8) is 0 Å². The minimum Gasteiger partial charge on any atom is -0.438 e. The number of methoxy groups -OCH3 is 2. The Bertz CT molecular complexity index is 1130. The van der Waals surface area contributed by atoms with Gasteiger partial charge in [-0.2, -0.15) is 0 Å². The Labute approximate surface area is 236 Å². The minimum atomic E-state index is -0.710. The first-order valence-electron chi connectivity index (χ1n) is 14.3. The van der Waals surface area contributed by atoms with Gasteiger partial charge in [-0.15, -0.1) is 11.8 Å².